The number of nitriles is 1. The van der Waals surface area contributed by atoms with Crippen molar-refractivity contribution in [2.75, 3.05) is 19.5 Å². The number of imidazole rings is 1. The van der Waals surface area contributed by atoms with E-state index in [1.54, 1.807) is 32.5 Å². The van der Waals surface area contributed by atoms with Crippen molar-refractivity contribution in [2.45, 2.75) is 0 Å². The van der Waals surface area contributed by atoms with Gasteiger partial charge in [0.25, 0.3) is 0 Å². The maximum absolute atomic E-state index is 8.99. The molecule has 0 aliphatic carbocycles. The first-order valence-corrected chi connectivity index (χ1v) is 8.55. The number of methoxy groups -OCH3 is 2. The molecule has 0 saturated carbocycles. The number of hydrogen-bond acceptors (Lipinski definition) is 6. The Bertz CT molecular complexity index is 1180. The van der Waals surface area contributed by atoms with Gasteiger partial charge in [-0.15, -0.1) is 0 Å². The van der Waals surface area contributed by atoms with Gasteiger partial charge in [0.1, 0.15) is 0 Å². The molecule has 0 aliphatic heterocycles. The molecule has 2 aromatic heterocycles. The third kappa shape index (κ3) is 3.19. The second-order valence-electron chi connectivity index (χ2n) is 6.02. The maximum atomic E-state index is 8.99. The third-order valence-electron chi connectivity index (χ3n) is 4.33. The summed E-state index contributed by atoms with van der Waals surface area (Å²) in [5, 5.41) is 12.3. The van der Waals surface area contributed by atoms with Crippen LogP contribution in [0.4, 0.5) is 11.5 Å². The highest BCUT2D eigenvalue weighted by atomic mass is 16.5. The molecule has 0 fully saturated rings. The van der Waals surface area contributed by atoms with E-state index in [9.17, 15) is 0 Å². The average Bonchev–Trinajstić information content (AvgIpc) is 3.22. The first-order chi connectivity index (χ1) is 13.7. The van der Waals surface area contributed by atoms with E-state index in [2.05, 4.69) is 16.4 Å². The molecule has 0 saturated heterocycles. The Labute approximate surface area is 161 Å². The van der Waals surface area contributed by atoms with Crippen molar-refractivity contribution in [3.05, 3.63) is 66.6 Å². The predicted octanol–water partition coefficient (Wildman–Crippen LogP) is 4.03. The number of anilines is 2. The lowest BCUT2D eigenvalue weighted by Crippen LogP contribution is -2.01. The largest absolute Gasteiger partial charge is 0.493 e. The maximum Gasteiger partial charge on any atom is 0.180 e. The molecule has 0 bridgehead atoms. The molecule has 0 atom stereocenters. The molecule has 1 N–H and O–H groups in total. The molecular weight excluding hydrogens is 354 g/mol. The summed E-state index contributed by atoms with van der Waals surface area (Å²) in [5.74, 6) is 1.88. The Kier molecular flexibility index (Phi) is 4.52. The third-order valence-corrected chi connectivity index (χ3v) is 4.33. The second-order valence-corrected chi connectivity index (χ2v) is 6.02. The van der Waals surface area contributed by atoms with E-state index in [1.807, 2.05) is 47.1 Å². The number of nitrogens with one attached hydrogen (secondary N) is 1. The minimum atomic E-state index is 0.608. The summed E-state index contributed by atoms with van der Waals surface area (Å²) in [6, 6.07) is 15.0. The molecule has 0 amide bonds. The number of aromatic nitrogens is 3. The van der Waals surface area contributed by atoms with Crippen molar-refractivity contribution in [2.24, 2.45) is 0 Å². The van der Waals surface area contributed by atoms with Gasteiger partial charge in [-0.2, -0.15) is 5.26 Å². The van der Waals surface area contributed by atoms with E-state index in [4.69, 9.17) is 19.7 Å². The van der Waals surface area contributed by atoms with Crippen LogP contribution in [-0.2, 0) is 0 Å². The number of rotatable bonds is 5. The molecule has 4 rings (SSSR count). The van der Waals surface area contributed by atoms with Crippen LogP contribution in [0.15, 0.2) is 61.1 Å². The Morgan fingerprint density at radius 1 is 1.04 bits per heavy atom. The van der Waals surface area contributed by atoms with Gasteiger partial charge in [0.05, 0.1) is 31.5 Å². The van der Waals surface area contributed by atoms with Gasteiger partial charge in [-0.05, 0) is 24.3 Å². The zero-order chi connectivity index (χ0) is 19.5. The quantitative estimate of drug-likeness (QED) is 0.570. The fraction of sp³-hybridized carbons (Fsp3) is 0.0952. The van der Waals surface area contributed by atoms with Gasteiger partial charge in [-0.3, -0.25) is 0 Å². The van der Waals surface area contributed by atoms with Gasteiger partial charge in [0, 0.05) is 35.9 Å². The first-order valence-electron chi connectivity index (χ1n) is 8.55. The van der Waals surface area contributed by atoms with Crippen molar-refractivity contribution in [3.63, 3.8) is 0 Å². The Hall–Kier alpha value is -4.05. The highest BCUT2D eigenvalue weighted by Gasteiger charge is 2.11. The molecule has 4 aromatic rings. The van der Waals surface area contributed by atoms with E-state index >= 15 is 0 Å². The summed E-state index contributed by atoms with van der Waals surface area (Å²) in [7, 11) is 3.19. The Balaban J connectivity index is 1.76. The van der Waals surface area contributed by atoms with E-state index in [1.165, 1.54) is 0 Å². The molecule has 0 radical (unpaired) electrons. The minimum Gasteiger partial charge on any atom is -0.493 e. The van der Waals surface area contributed by atoms with Gasteiger partial charge in [-0.1, -0.05) is 12.1 Å². The van der Waals surface area contributed by atoms with Crippen molar-refractivity contribution in [3.8, 4) is 28.8 Å². The van der Waals surface area contributed by atoms with E-state index < -0.39 is 0 Å². The fourth-order valence-electron chi connectivity index (χ4n) is 2.92. The molecule has 2 aromatic carbocycles. The van der Waals surface area contributed by atoms with Gasteiger partial charge >= 0.3 is 0 Å². The summed E-state index contributed by atoms with van der Waals surface area (Å²) >= 11 is 0. The normalized spacial score (nSPS) is 10.5. The van der Waals surface area contributed by atoms with Crippen LogP contribution >= 0.6 is 0 Å². The summed E-state index contributed by atoms with van der Waals surface area (Å²) in [4.78, 5) is 9.14. The van der Waals surface area contributed by atoms with Crippen LogP contribution in [0.5, 0.6) is 11.5 Å². The number of hydrogen-bond donors (Lipinski definition) is 1. The van der Waals surface area contributed by atoms with Gasteiger partial charge in [0.15, 0.2) is 23.0 Å². The van der Waals surface area contributed by atoms with Crippen LogP contribution in [0.2, 0.25) is 0 Å². The lowest BCUT2D eigenvalue weighted by molar-refractivity contribution is 0.355. The lowest BCUT2D eigenvalue weighted by atomic mass is 10.1. The van der Waals surface area contributed by atoms with Crippen LogP contribution in [0.25, 0.3) is 16.9 Å². The second kappa shape index (κ2) is 7.29. The highest BCUT2D eigenvalue weighted by Crippen LogP contribution is 2.32. The fourth-order valence-corrected chi connectivity index (χ4v) is 2.92. The highest BCUT2D eigenvalue weighted by molar-refractivity contribution is 5.74. The molecule has 0 unspecified atom stereocenters. The van der Waals surface area contributed by atoms with Crippen LogP contribution in [0, 0.1) is 11.3 Å². The lowest BCUT2D eigenvalue weighted by Gasteiger charge is -2.12. The van der Waals surface area contributed by atoms with Gasteiger partial charge < -0.3 is 19.2 Å². The zero-order valence-corrected chi connectivity index (χ0v) is 15.4. The zero-order valence-electron chi connectivity index (χ0n) is 15.4. The topological polar surface area (TPSA) is 84.5 Å². The number of fused-ring (bicyclic) bond motifs is 1. The Morgan fingerprint density at radius 3 is 2.54 bits per heavy atom. The van der Waals surface area contributed by atoms with Crippen LogP contribution in [0.1, 0.15) is 5.56 Å². The van der Waals surface area contributed by atoms with Gasteiger partial charge in [-0.25, -0.2) is 9.97 Å². The number of ether oxygens (including phenoxy) is 2. The van der Waals surface area contributed by atoms with Crippen molar-refractivity contribution >= 4 is 17.2 Å². The predicted molar refractivity (Wildman–Crippen MR) is 106 cm³/mol. The minimum absolute atomic E-state index is 0.608. The van der Waals surface area contributed by atoms with E-state index in [0.717, 1.165) is 16.9 Å². The number of benzene rings is 2. The van der Waals surface area contributed by atoms with Crippen LogP contribution in [0.3, 0.4) is 0 Å². The SMILES string of the molecule is COc1ccc(Nc2nc(-c3ccc(C#N)cc3)cn3ccnc23)cc1OC. The van der Waals surface area contributed by atoms with Crippen LogP contribution < -0.4 is 14.8 Å². The molecular formula is C21H17N5O2. The molecule has 7 nitrogen and oxygen atoms in total. The smallest absolute Gasteiger partial charge is 0.180 e. The summed E-state index contributed by atoms with van der Waals surface area (Å²) < 4.78 is 12.6. The molecule has 0 spiro atoms. The van der Waals surface area contributed by atoms with Crippen molar-refractivity contribution in [1.82, 2.24) is 14.4 Å². The monoisotopic (exact) mass is 371 g/mol. The van der Waals surface area contributed by atoms with Gasteiger partial charge in [0.2, 0.25) is 0 Å². The summed E-state index contributed by atoms with van der Waals surface area (Å²) in [5.41, 5.74) is 3.78. The first kappa shape index (κ1) is 17.4. The van der Waals surface area contributed by atoms with Crippen LogP contribution in [-0.4, -0.2) is 28.6 Å². The molecule has 7 heteroatoms. The molecule has 0 aliphatic rings. The summed E-state index contributed by atoms with van der Waals surface area (Å²) in [6.45, 7) is 0. The van der Waals surface area contributed by atoms with E-state index in [-0.39, 0.29) is 0 Å². The standard InChI is InChI=1S/C21H17N5O2/c1-27-18-8-7-16(11-19(18)28-2)24-20-21-23-9-10-26(21)13-17(25-20)15-5-3-14(12-22)4-6-15/h3-11,13H,1-2H3,(H,24,25). The molecule has 28 heavy (non-hydrogen) atoms. The van der Waals surface area contributed by atoms with E-state index in [0.29, 0.717) is 28.5 Å². The molecule has 138 valence electrons. The average molecular weight is 371 g/mol. The summed E-state index contributed by atoms with van der Waals surface area (Å²) in [6.07, 6.45) is 5.49. The van der Waals surface area contributed by atoms with Crippen molar-refractivity contribution in [1.29, 1.82) is 5.26 Å². The number of nitrogens with zero attached hydrogens (tertiary/aromatic N) is 4. The Morgan fingerprint density at radius 2 is 1.82 bits per heavy atom. The van der Waals surface area contributed by atoms with Crippen molar-refractivity contribution < 1.29 is 9.47 Å². The molecule has 2 heterocycles.